The summed E-state index contributed by atoms with van der Waals surface area (Å²) in [4.78, 5) is 22.7. The maximum atomic E-state index is 10.5. The molecule has 3 aromatic rings. The molecule has 5 nitrogen and oxygen atoms in total. The molecular weight excluding hydrogens is 242 g/mol. The van der Waals surface area contributed by atoms with Crippen LogP contribution in [0.5, 0.6) is 11.8 Å². The number of ether oxygens (including phenoxy) is 1. The molecule has 92 valence electrons. The molecule has 0 fully saturated rings. The zero-order chi connectivity index (χ0) is 13.1. The maximum Gasteiger partial charge on any atom is 0.321 e. The molecule has 0 aliphatic heterocycles. The second kappa shape index (κ2) is 4.81. The van der Waals surface area contributed by atoms with E-state index >= 15 is 0 Å². The Morgan fingerprint density at radius 3 is 2.58 bits per heavy atom. The highest BCUT2D eigenvalue weighted by molar-refractivity contribution is 5.84. The fourth-order valence-electron chi connectivity index (χ4n) is 1.70. The molecule has 0 atom stereocenters. The third kappa shape index (κ3) is 2.26. The van der Waals surface area contributed by atoms with E-state index in [1.54, 1.807) is 12.3 Å². The molecule has 19 heavy (non-hydrogen) atoms. The SMILES string of the molecule is O=Cc1cnc(Oc2cccc3cccnc23)nc1. The molecule has 0 aliphatic rings. The summed E-state index contributed by atoms with van der Waals surface area (Å²) in [6.07, 6.45) is 5.20. The van der Waals surface area contributed by atoms with Crippen LogP contribution in [0.2, 0.25) is 0 Å². The van der Waals surface area contributed by atoms with Gasteiger partial charge in [-0.15, -0.1) is 0 Å². The van der Waals surface area contributed by atoms with Crippen molar-refractivity contribution in [3.8, 4) is 11.8 Å². The number of rotatable bonds is 3. The molecule has 0 saturated heterocycles. The first-order valence-electron chi connectivity index (χ1n) is 5.65. The van der Waals surface area contributed by atoms with Gasteiger partial charge in [-0.3, -0.25) is 9.78 Å². The Morgan fingerprint density at radius 1 is 1.00 bits per heavy atom. The van der Waals surface area contributed by atoms with Crippen molar-refractivity contribution in [3.63, 3.8) is 0 Å². The highest BCUT2D eigenvalue weighted by Gasteiger charge is 2.05. The number of hydrogen-bond donors (Lipinski definition) is 0. The molecule has 0 N–H and O–H groups in total. The fourth-order valence-corrected chi connectivity index (χ4v) is 1.70. The predicted molar refractivity (Wildman–Crippen MR) is 69.2 cm³/mol. The predicted octanol–water partition coefficient (Wildman–Crippen LogP) is 2.63. The zero-order valence-electron chi connectivity index (χ0n) is 9.85. The second-order valence-electron chi connectivity index (χ2n) is 3.85. The van der Waals surface area contributed by atoms with Gasteiger partial charge in [-0.25, -0.2) is 9.97 Å². The Morgan fingerprint density at radius 2 is 1.79 bits per heavy atom. The van der Waals surface area contributed by atoms with Crippen LogP contribution in [0.4, 0.5) is 0 Å². The molecule has 0 bridgehead atoms. The summed E-state index contributed by atoms with van der Waals surface area (Å²) in [6.45, 7) is 0. The number of hydrogen-bond acceptors (Lipinski definition) is 5. The van der Waals surface area contributed by atoms with Crippen LogP contribution >= 0.6 is 0 Å². The van der Waals surface area contributed by atoms with Gasteiger partial charge in [0.15, 0.2) is 12.0 Å². The summed E-state index contributed by atoms with van der Waals surface area (Å²) in [5.74, 6) is 0.581. The van der Waals surface area contributed by atoms with E-state index in [0.29, 0.717) is 17.6 Å². The Balaban J connectivity index is 1.98. The van der Waals surface area contributed by atoms with E-state index < -0.39 is 0 Å². The van der Waals surface area contributed by atoms with Gasteiger partial charge in [0, 0.05) is 24.0 Å². The van der Waals surface area contributed by atoms with Crippen LogP contribution < -0.4 is 4.74 Å². The number of aldehydes is 1. The number of fused-ring (bicyclic) bond motifs is 1. The quantitative estimate of drug-likeness (QED) is 0.669. The molecule has 0 unspecified atom stereocenters. The fraction of sp³-hybridized carbons (Fsp3) is 0. The molecule has 5 heteroatoms. The lowest BCUT2D eigenvalue weighted by Crippen LogP contribution is -1.94. The average Bonchev–Trinajstić information content (AvgIpc) is 2.48. The topological polar surface area (TPSA) is 65.0 Å². The molecular formula is C14H9N3O2. The van der Waals surface area contributed by atoms with Gasteiger partial charge in [-0.1, -0.05) is 18.2 Å². The van der Waals surface area contributed by atoms with Crippen molar-refractivity contribution in [2.45, 2.75) is 0 Å². The number of carbonyl (C=O) groups excluding carboxylic acids is 1. The van der Waals surface area contributed by atoms with Crippen LogP contribution in [-0.2, 0) is 0 Å². The third-order valence-electron chi connectivity index (χ3n) is 2.58. The van der Waals surface area contributed by atoms with Gasteiger partial charge in [-0.05, 0) is 12.1 Å². The van der Waals surface area contributed by atoms with E-state index in [2.05, 4.69) is 15.0 Å². The van der Waals surface area contributed by atoms with Gasteiger partial charge in [0.1, 0.15) is 5.52 Å². The molecule has 2 heterocycles. The van der Waals surface area contributed by atoms with Crippen molar-refractivity contribution in [1.82, 2.24) is 15.0 Å². The molecule has 0 spiro atoms. The number of para-hydroxylation sites is 1. The van der Waals surface area contributed by atoms with Gasteiger partial charge < -0.3 is 4.74 Å². The van der Waals surface area contributed by atoms with Gasteiger partial charge in [0.25, 0.3) is 0 Å². The second-order valence-corrected chi connectivity index (χ2v) is 3.85. The van der Waals surface area contributed by atoms with Crippen LogP contribution in [0.3, 0.4) is 0 Å². The van der Waals surface area contributed by atoms with Crippen molar-refractivity contribution in [2.75, 3.05) is 0 Å². The van der Waals surface area contributed by atoms with E-state index in [0.717, 1.165) is 10.9 Å². The Labute approximate surface area is 108 Å². The van der Waals surface area contributed by atoms with Crippen molar-refractivity contribution < 1.29 is 9.53 Å². The summed E-state index contributed by atoms with van der Waals surface area (Å²) in [5, 5.41) is 0.976. The minimum absolute atomic E-state index is 0.184. The van der Waals surface area contributed by atoms with Gasteiger partial charge in [0.2, 0.25) is 0 Å². The Kier molecular flexibility index (Phi) is 2.86. The number of pyridine rings is 1. The lowest BCUT2D eigenvalue weighted by Gasteiger charge is -2.06. The Hall–Kier alpha value is -2.82. The highest BCUT2D eigenvalue weighted by Crippen LogP contribution is 2.26. The molecule has 0 saturated carbocycles. The zero-order valence-corrected chi connectivity index (χ0v) is 9.85. The van der Waals surface area contributed by atoms with Gasteiger partial charge in [0.05, 0.1) is 5.56 Å². The number of carbonyl (C=O) groups is 1. The van der Waals surface area contributed by atoms with Crippen molar-refractivity contribution in [3.05, 3.63) is 54.5 Å². The van der Waals surface area contributed by atoms with Gasteiger partial charge in [-0.2, -0.15) is 0 Å². The number of aromatic nitrogens is 3. The van der Waals surface area contributed by atoms with Crippen molar-refractivity contribution in [2.24, 2.45) is 0 Å². The molecule has 3 rings (SSSR count). The first-order valence-corrected chi connectivity index (χ1v) is 5.65. The first-order chi connectivity index (χ1) is 9.36. The lowest BCUT2D eigenvalue weighted by atomic mass is 10.2. The smallest absolute Gasteiger partial charge is 0.321 e. The minimum atomic E-state index is 0.184. The lowest BCUT2D eigenvalue weighted by molar-refractivity contribution is 0.112. The average molecular weight is 251 g/mol. The van der Waals surface area contributed by atoms with Crippen molar-refractivity contribution in [1.29, 1.82) is 0 Å². The summed E-state index contributed by atoms with van der Waals surface area (Å²) in [5.41, 5.74) is 1.15. The van der Waals surface area contributed by atoms with E-state index in [-0.39, 0.29) is 6.01 Å². The maximum absolute atomic E-state index is 10.5. The first kappa shape index (κ1) is 11.3. The van der Waals surface area contributed by atoms with Crippen molar-refractivity contribution >= 4 is 17.2 Å². The van der Waals surface area contributed by atoms with E-state index in [1.165, 1.54) is 12.4 Å². The Bertz CT molecular complexity index is 721. The summed E-state index contributed by atoms with van der Waals surface area (Å²) in [7, 11) is 0. The normalized spacial score (nSPS) is 10.3. The summed E-state index contributed by atoms with van der Waals surface area (Å²) < 4.78 is 5.59. The van der Waals surface area contributed by atoms with Crippen LogP contribution in [0, 0.1) is 0 Å². The van der Waals surface area contributed by atoms with E-state index in [1.807, 2.05) is 24.3 Å². The van der Waals surface area contributed by atoms with E-state index in [9.17, 15) is 4.79 Å². The van der Waals surface area contributed by atoms with Gasteiger partial charge >= 0.3 is 6.01 Å². The minimum Gasteiger partial charge on any atom is -0.422 e. The molecule has 0 amide bonds. The molecule has 1 aromatic carbocycles. The molecule has 0 radical (unpaired) electrons. The monoisotopic (exact) mass is 251 g/mol. The summed E-state index contributed by atoms with van der Waals surface area (Å²) in [6, 6.07) is 9.62. The van der Waals surface area contributed by atoms with Crippen LogP contribution in [0.1, 0.15) is 10.4 Å². The molecule has 0 aliphatic carbocycles. The molecule has 2 aromatic heterocycles. The highest BCUT2D eigenvalue weighted by atomic mass is 16.5. The van der Waals surface area contributed by atoms with Crippen LogP contribution in [0.15, 0.2) is 48.9 Å². The standard InChI is InChI=1S/C14H9N3O2/c18-9-10-7-16-14(17-8-10)19-12-5-1-3-11-4-2-6-15-13(11)12/h1-9H. The number of nitrogens with zero attached hydrogens (tertiary/aromatic N) is 3. The van der Waals surface area contributed by atoms with Crippen LogP contribution in [-0.4, -0.2) is 21.2 Å². The number of benzene rings is 1. The van der Waals surface area contributed by atoms with Crippen LogP contribution in [0.25, 0.3) is 10.9 Å². The van der Waals surface area contributed by atoms with E-state index in [4.69, 9.17) is 4.74 Å². The summed E-state index contributed by atoms with van der Waals surface area (Å²) >= 11 is 0. The third-order valence-corrected chi connectivity index (χ3v) is 2.58. The largest absolute Gasteiger partial charge is 0.422 e.